The first-order valence-electron chi connectivity index (χ1n) is 4.15. The second kappa shape index (κ2) is 5.39. The highest BCUT2D eigenvalue weighted by Crippen LogP contribution is 2.04. The van der Waals surface area contributed by atoms with Crippen molar-refractivity contribution in [3.8, 4) is 0 Å². The van der Waals surface area contributed by atoms with E-state index < -0.39 is 0 Å². The zero-order chi connectivity index (χ0) is 10.4. The quantitative estimate of drug-likeness (QED) is 0.571. The van der Waals surface area contributed by atoms with Crippen LogP contribution in [0.5, 0.6) is 0 Å². The highest BCUT2D eigenvalue weighted by Gasteiger charge is 1.95. The van der Waals surface area contributed by atoms with Gasteiger partial charge in [-0.15, -0.1) is 0 Å². The maximum absolute atomic E-state index is 10.5. The number of amides is 1. The van der Waals surface area contributed by atoms with E-state index >= 15 is 0 Å². The summed E-state index contributed by atoms with van der Waals surface area (Å²) < 4.78 is 0. The Hall–Kier alpha value is -1.36. The zero-order valence-electron chi connectivity index (χ0n) is 7.75. The number of anilines is 1. The van der Waals surface area contributed by atoms with E-state index in [-0.39, 0.29) is 11.2 Å². The third-order valence-electron chi connectivity index (χ3n) is 1.43. The van der Waals surface area contributed by atoms with Crippen molar-refractivity contribution in [1.29, 1.82) is 0 Å². The molecule has 0 aliphatic heterocycles. The predicted octanol–water partition coefficient (Wildman–Crippen LogP) is 0.678. The molecule has 2 N–H and O–H groups in total. The zero-order valence-corrected chi connectivity index (χ0v) is 8.51. The van der Waals surface area contributed by atoms with E-state index in [4.69, 9.17) is 11.6 Å². The van der Waals surface area contributed by atoms with Gasteiger partial charge >= 0.3 is 0 Å². The fraction of sp³-hybridized carbons (Fsp3) is 0.375. The molecule has 76 valence electrons. The Bertz CT molecular complexity index is 318. The van der Waals surface area contributed by atoms with Gasteiger partial charge in [0.25, 0.3) is 0 Å². The van der Waals surface area contributed by atoms with Crippen LogP contribution in [0.15, 0.2) is 12.3 Å². The number of hydrogen-bond acceptors (Lipinski definition) is 4. The second-order valence-electron chi connectivity index (χ2n) is 2.62. The summed E-state index contributed by atoms with van der Waals surface area (Å²) in [6, 6.07) is 1.71. The molecule has 0 fully saturated rings. The van der Waals surface area contributed by atoms with Crippen LogP contribution in [0, 0.1) is 0 Å². The number of nitrogens with one attached hydrogen (secondary N) is 2. The lowest BCUT2D eigenvalue weighted by atomic mass is 10.5. The van der Waals surface area contributed by atoms with Crippen LogP contribution in [0.25, 0.3) is 0 Å². The predicted molar refractivity (Wildman–Crippen MR) is 54.2 cm³/mol. The highest BCUT2D eigenvalue weighted by atomic mass is 35.5. The molecule has 0 saturated carbocycles. The molecule has 0 unspecified atom stereocenters. The average Bonchev–Trinajstić information content (AvgIpc) is 2.12. The van der Waals surface area contributed by atoms with E-state index in [2.05, 4.69) is 20.6 Å². The van der Waals surface area contributed by atoms with Crippen molar-refractivity contribution < 1.29 is 4.79 Å². The first kappa shape index (κ1) is 10.7. The molecule has 1 heterocycles. The van der Waals surface area contributed by atoms with Crippen LogP contribution in [0.4, 0.5) is 5.82 Å². The van der Waals surface area contributed by atoms with Crippen LogP contribution in [-0.2, 0) is 4.79 Å². The number of halogens is 1. The second-order valence-corrected chi connectivity index (χ2v) is 2.96. The van der Waals surface area contributed by atoms with Crippen LogP contribution in [0.2, 0.25) is 5.28 Å². The van der Waals surface area contributed by atoms with Gasteiger partial charge in [0.15, 0.2) is 0 Å². The van der Waals surface area contributed by atoms with Gasteiger partial charge in [0.2, 0.25) is 11.2 Å². The molecule has 0 spiro atoms. The van der Waals surface area contributed by atoms with Gasteiger partial charge in [-0.1, -0.05) is 0 Å². The average molecular weight is 215 g/mol. The van der Waals surface area contributed by atoms with E-state index in [0.717, 1.165) is 0 Å². The fourth-order valence-electron chi connectivity index (χ4n) is 0.862. The van der Waals surface area contributed by atoms with Crippen LogP contribution in [-0.4, -0.2) is 29.0 Å². The molecule has 0 aliphatic carbocycles. The number of aromatic nitrogens is 2. The monoisotopic (exact) mass is 214 g/mol. The molecular formula is C8H11ClN4O. The molecule has 6 heteroatoms. The van der Waals surface area contributed by atoms with Crippen molar-refractivity contribution in [2.24, 2.45) is 0 Å². The third kappa shape index (κ3) is 4.04. The SMILES string of the molecule is CC(=O)NCCNc1ccnc(Cl)n1. The van der Waals surface area contributed by atoms with Gasteiger partial charge in [-0.25, -0.2) is 9.97 Å². The molecule has 0 aliphatic rings. The van der Waals surface area contributed by atoms with Gasteiger partial charge in [-0.2, -0.15) is 0 Å². The first-order valence-corrected chi connectivity index (χ1v) is 4.53. The van der Waals surface area contributed by atoms with E-state index in [0.29, 0.717) is 18.9 Å². The number of rotatable bonds is 4. The molecule has 14 heavy (non-hydrogen) atoms. The number of hydrogen-bond donors (Lipinski definition) is 2. The summed E-state index contributed by atoms with van der Waals surface area (Å²) in [6.07, 6.45) is 1.57. The fourth-order valence-corrected chi connectivity index (χ4v) is 1.01. The van der Waals surface area contributed by atoms with Crippen molar-refractivity contribution in [2.45, 2.75) is 6.92 Å². The molecule has 1 aromatic heterocycles. The summed E-state index contributed by atoms with van der Waals surface area (Å²) >= 11 is 5.58. The largest absolute Gasteiger partial charge is 0.368 e. The molecule has 0 aromatic carbocycles. The van der Waals surface area contributed by atoms with Gasteiger partial charge in [0.05, 0.1) is 0 Å². The Morgan fingerprint density at radius 1 is 1.57 bits per heavy atom. The Balaban J connectivity index is 2.28. The lowest BCUT2D eigenvalue weighted by Crippen LogP contribution is -2.26. The van der Waals surface area contributed by atoms with Crippen molar-refractivity contribution in [3.63, 3.8) is 0 Å². The van der Waals surface area contributed by atoms with Crippen LogP contribution >= 0.6 is 11.6 Å². The van der Waals surface area contributed by atoms with Gasteiger partial charge in [-0.05, 0) is 17.7 Å². The van der Waals surface area contributed by atoms with Crippen LogP contribution in [0.1, 0.15) is 6.92 Å². The van der Waals surface area contributed by atoms with E-state index in [1.807, 2.05) is 0 Å². The maximum atomic E-state index is 10.5. The van der Waals surface area contributed by atoms with Gasteiger partial charge in [0, 0.05) is 26.2 Å². The van der Waals surface area contributed by atoms with Crippen molar-refractivity contribution >= 4 is 23.3 Å². The molecule has 0 radical (unpaired) electrons. The summed E-state index contributed by atoms with van der Waals surface area (Å²) in [7, 11) is 0. The normalized spacial score (nSPS) is 9.57. The molecule has 1 rings (SSSR count). The van der Waals surface area contributed by atoms with Crippen LogP contribution < -0.4 is 10.6 Å². The highest BCUT2D eigenvalue weighted by molar-refractivity contribution is 6.28. The summed E-state index contributed by atoms with van der Waals surface area (Å²) in [4.78, 5) is 18.2. The third-order valence-corrected chi connectivity index (χ3v) is 1.61. The minimum absolute atomic E-state index is 0.0486. The Labute approximate surface area is 86.9 Å². The molecular weight excluding hydrogens is 204 g/mol. The molecule has 0 saturated heterocycles. The van der Waals surface area contributed by atoms with Crippen molar-refractivity contribution in [3.05, 3.63) is 17.5 Å². The van der Waals surface area contributed by atoms with Gasteiger partial charge in [-0.3, -0.25) is 4.79 Å². The minimum Gasteiger partial charge on any atom is -0.368 e. The molecule has 0 atom stereocenters. The number of carbonyl (C=O) groups is 1. The summed E-state index contributed by atoms with van der Waals surface area (Å²) in [5, 5.41) is 5.85. The standard InChI is InChI=1S/C8H11ClN4O/c1-6(14)10-4-5-11-7-2-3-12-8(9)13-7/h2-3H,4-5H2,1H3,(H,10,14)(H,11,12,13). The number of carbonyl (C=O) groups excluding carboxylic acids is 1. The lowest BCUT2D eigenvalue weighted by molar-refractivity contribution is -0.118. The van der Waals surface area contributed by atoms with E-state index in [1.54, 1.807) is 12.3 Å². The smallest absolute Gasteiger partial charge is 0.224 e. The first-order chi connectivity index (χ1) is 6.68. The summed E-state index contributed by atoms with van der Waals surface area (Å²) in [6.45, 7) is 2.63. The Morgan fingerprint density at radius 2 is 2.36 bits per heavy atom. The topological polar surface area (TPSA) is 66.9 Å². The lowest BCUT2D eigenvalue weighted by Gasteiger charge is -2.05. The molecule has 1 aromatic rings. The van der Waals surface area contributed by atoms with Gasteiger partial charge in [0.1, 0.15) is 5.82 Å². The maximum Gasteiger partial charge on any atom is 0.224 e. The molecule has 0 bridgehead atoms. The van der Waals surface area contributed by atoms with E-state index in [9.17, 15) is 4.79 Å². The minimum atomic E-state index is -0.0486. The van der Waals surface area contributed by atoms with Crippen LogP contribution in [0.3, 0.4) is 0 Å². The Morgan fingerprint density at radius 3 is 3.00 bits per heavy atom. The molecule has 1 amide bonds. The summed E-state index contributed by atoms with van der Waals surface area (Å²) in [5.74, 6) is 0.600. The number of nitrogens with zero attached hydrogens (tertiary/aromatic N) is 2. The van der Waals surface area contributed by atoms with Crippen molar-refractivity contribution in [1.82, 2.24) is 15.3 Å². The van der Waals surface area contributed by atoms with Gasteiger partial charge < -0.3 is 10.6 Å². The molecule has 5 nitrogen and oxygen atoms in total. The Kier molecular flexibility index (Phi) is 4.12. The van der Waals surface area contributed by atoms with E-state index in [1.165, 1.54) is 6.92 Å². The van der Waals surface area contributed by atoms with Crippen molar-refractivity contribution in [2.75, 3.05) is 18.4 Å². The summed E-state index contributed by atoms with van der Waals surface area (Å²) in [5.41, 5.74) is 0.